The lowest BCUT2D eigenvalue weighted by Crippen LogP contribution is -2.30. The molecule has 0 N–H and O–H groups in total. The molecule has 0 fully saturated rings. The Hall–Kier alpha value is -1.85. The number of rotatable bonds is 3. The zero-order valence-electron chi connectivity index (χ0n) is 12.0. The van der Waals surface area contributed by atoms with E-state index in [0.717, 1.165) is 11.1 Å². The minimum absolute atomic E-state index is 0.221. The monoisotopic (exact) mass is 303 g/mol. The molecule has 1 heterocycles. The number of benzene rings is 2. The number of ether oxygens (including phenoxy) is 1. The number of para-hydroxylation sites is 1. The highest BCUT2D eigenvalue weighted by molar-refractivity contribution is 7.92. The normalized spacial score (nSPS) is 17.8. The van der Waals surface area contributed by atoms with E-state index in [4.69, 9.17) is 4.74 Å². The largest absolute Gasteiger partial charge is 0.375 e. The van der Waals surface area contributed by atoms with E-state index in [0.29, 0.717) is 17.1 Å². The summed E-state index contributed by atoms with van der Waals surface area (Å²) < 4.78 is 32.5. The number of hydrogen-bond acceptors (Lipinski definition) is 3. The molecule has 0 spiro atoms. The molecule has 0 aromatic heterocycles. The van der Waals surface area contributed by atoms with Gasteiger partial charge in [-0.05, 0) is 25.1 Å². The van der Waals surface area contributed by atoms with Gasteiger partial charge >= 0.3 is 0 Å². The molecule has 1 aliphatic heterocycles. The van der Waals surface area contributed by atoms with Gasteiger partial charge in [-0.2, -0.15) is 0 Å². The lowest BCUT2D eigenvalue weighted by atomic mass is 10.1. The van der Waals surface area contributed by atoms with Crippen LogP contribution >= 0.6 is 0 Å². The summed E-state index contributed by atoms with van der Waals surface area (Å²) in [7, 11) is -1.96. The summed E-state index contributed by atoms with van der Waals surface area (Å²) in [5, 5.41) is 0. The highest BCUT2D eigenvalue weighted by atomic mass is 32.2. The van der Waals surface area contributed by atoms with Crippen LogP contribution in [0.25, 0.3) is 0 Å². The number of methoxy groups -OCH3 is 1. The van der Waals surface area contributed by atoms with Crippen LogP contribution in [-0.2, 0) is 14.8 Å². The summed E-state index contributed by atoms with van der Waals surface area (Å²) in [6.45, 7) is 2.24. The molecule has 1 unspecified atom stereocenters. The zero-order valence-corrected chi connectivity index (χ0v) is 12.8. The van der Waals surface area contributed by atoms with Crippen LogP contribution in [0.1, 0.15) is 17.2 Å². The van der Waals surface area contributed by atoms with Crippen molar-refractivity contribution in [1.29, 1.82) is 0 Å². The van der Waals surface area contributed by atoms with Crippen molar-refractivity contribution < 1.29 is 13.2 Å². The van der Waals surface area contributed by atoms with E-state index in [2.05, 4.69) is 0 Å². The summed E-state index contributed by atoms with van der Waals surface area (Å²) >= 11 is 0. The Balaban J connectivity index is 2.07. The average molecular weight is 303 g/mol. The van der Waals surface area contributed by atoms with Gasteiger partial charge in [0.05, 0.1) is 17.1 Å². The van der Waals surface area contributed by atoms with Gasteiger partial charge in [0.25, 0.3) is 10.0 Å². The maximum Gasteiger partial charge on any atom is 0.264 e. The van der Waals surface area contributed by atoms with Crippen molar-refractivity contribution in [3.8, 4) is 0 Å². The van der Waals surface area contributed by atoms with E-state index in [1.54, 1.807) is 19.2 Å². The average Bonchev–Trinajstić information content (AvgIpc) is 2.87. The van der Waals surface area contributed by atoms with Crippen LogP contribution < -0.4 is 4.31 Å². The molecule has 1 aliphatic rings. The molecule has 0 bridgehead atoms. The van der Waals surface area contributed by atoms with Crippen molar-refractivity contribution >= 4 is 15.7 Å². The van der Waals surface area contributed by atoms with Gasteiger partial charge in [0, 0.05) is 12.7 Å². The fraction of sp³-hybridized carbons (Fsp3) is 0.250. The molecule has 4 nitrogen and oxygen atoms in total. The summed E-state index contributed by atoms with van der Waals surface area (Å²) in [5.41, 5.74) is 2.64. The molecule has 2 aromatic carbocycles. The highest BCUT2D eigenvalue weighted by Gasteiger charge is 2.36. The lowest BCUT2D eigenvalue weighted by Gasteiger charge is -2.19. The van der Waals surface area contributed by atoms with Crippen LogP contribution in [0.5, 0.6) is 0 Å². The van der Waals surface area contributed by atoms with Gasteiger partial charge in [0.15, 0.2) is 0 Å². The van der Waals surface area contributed by atoms with E-state index in [-0.39, 0.29) is 6.10 Å². The third kappa shape index (κ3) is 2.32. The predicted molar refractivity (Wildman–Crippen MR) is 81.9 cm³/mol. The van der Waals surface area contributed by atoms with Gasteiger partial charge in [0.1, 0.15) is 6.10 Å². The Morgan fingerprint density at radius 2 is 1.76 bits per heavy atom. The molecule has 2 aromatic rings. The molecule has 0 aliphatic carbocycles. The Morgan fingerprint density at radius 1 is 1.10 bits per heavy atom. The van der Waals surface area contributed by atoms with Crippen LogP contribution in [0.3, 0.4) is 0 Å². The van der Waals surface area contributed by atoms with Crippen LogP contribution in [0.4, 0.5) is 5.69 Å². The molecule has 0 radical (unpaired) electrons. The molecule has 110 valence electrons. The fourth-order valence-corrected chi connectivity index (χ4v) is 4.09. The minimum Gasteiger partial charge on any atom is -0.375 e. The summed E-state index contributed by atoms with van der Waals surface area (Å²) in [5.74, 6) is 0. The Morgan fingerprint density at radius 3 is 2.43 bits per heavy atom. The van der Waals surface area contributed by atoms with Crippen molar-refractivity contribution in [2.45, 2.75) is 17.9 Å². The van der Waals surface area contributed by atoms with Crippen molar-refractivity contribution in [2.24, 2.45) is 0 Å². The first-order valence-electron chi connectivity index (χ1n) is 6.75. The van der Waals surface area contributed by atoms with Crippen LogP contribution in [0.2, 0.25) is 0 Å². The number of anilines is 1. The maximum absolute atomic E-state index is 12.8. The highest BCUT2D eigenvalue weighted by Crippen LogP contribution is 2.39. The lowest BCUT2D eigenvalue weighted by molar-refractivity contribution is 0.118. The first-order chi connectivity index (χ1) is 10.0. The minimum atomic E-state index is -3.56. The standard InChI is InChI=1S/C16H17NO3S/c1-12-7-9-13(10-8-12)21(18,19)17-11-16(20-2)14-5-3-4-6-15(14)17/h3-10,16H,11H2,1-2H3. The second-order valence-corrected chi connectivity index (χ2v) is 6.99. The molecule has 0 saturated carbocycles. The van der Waals surface area contributed by atoms with Crippen molar-refractivity contribution in [3.05, 3.63) is 59.7 Å². The van der Waals surface area contributed by atoms with E-state index in [9.17, 15) is 8.42 Å². The summed E-state index contributed by atoms with van der Waals surface area (Å²) in [4.78, 5) is 0.305. The third-order valence-corrected chi connectivity index (χ3v) is 5.57. The number of fused-ring (bicyclic) bond motifs is 1. The van der Waals surface area contributed by atoms with Crippen molar-refractivity contribution in [3.63, 3.8) is 0 Å². The quantitative estimate of drug-likeness (QED) is 0.876. The fourth-order valence-electron chi connectivity index (χ4n) is 2.60. The maximum atomic E-state index is 12.8. The molecule has 5 heteroatoms. The van der Waals surface area contributed by atoms with E-state index >= 15 is 0 Å². The van der Waals surface area contributed by atoms with E-state index in [1.807, 2.05) is 43.3 Å². The van der Waals surface area contributed by atoms with Crippen molar-refractivity contribution in [1.82, 2.24) is 0 Å². The van der Waals surface area contributed by atoms with Crippen LogP contribution in [0, 0.1) is 6.92 Å². The Labute approximate surface area is 125 Å². The number of hydrogen-bond donors (Lipinski definition) is 0. The molecule has 0 saturated heterocycles. The van der Waals surface area contributed by atoms with Crippen LogP contribution in [0.15, 0.2) is 53.4 Å². The van der Waals surface area contributed by atoms with Crippen molar-refractivity contribution in [2.75, 3.05) is 18.0 Å². The van der Waals surface area contributed by atoms with Gasteiger partial charge in [-0.3, -0.25) is 4.31 Å². The van der Waals surface area contributed by atoms with Gasteiger partial charge < -0.3 is 4.74 Å². The summed E-state index contributed by atoms with van der Waals surface area (Å²) in [6.07, 6.45) is -0.221. The van der Waals surface area contributed by atoms with Gasteiger partial charge in [-0.15, -0.1) is 0 Å². The molecule has 21 heavy (non-hydrogen) atoms. The van der Waals surface area contributed by atoms with Gasteiger partial charge in [0.2, 0.25) is 0 Å². The molecular weight excluding hydrogens is 286 g/mol. The number of sulfonamides is 1. The number of nitrogens with zero attached hydrogens (tertiary/aromatic N) is 1. The van der Waals surface area contributed by atoms with Crippen LogP contribution in [-0.4, -0.2) is 22.1 Å². The summed E-state index contributed by atoms with van der Waals surface area (Å²) in [6, 6.07) is 14.4. The van der Waals surface area contributed by atoms with E-state index < -0.39 is 10.0 Å². The molecular formula is C16H17NO3S. The third-order valence-electron chi connectivity index (χ3n) is 3.78. The topological polar surface area (TPSA) is 46.6 Å². The first kappa shape index (κ1) is 14.1. The number of aryl methyl sites for hydroxylation is 1. The predicted octanol–water partition coefficient (Wildman–Crippen LogP) is 2.89. The van der Waals surface area contributed by atoms with Gasteiger partial charge in [-0.25, -0.2) is 8.42 Å². The molecule has 3 rings (SSSR count). The zero-order chi connectivity index (χ0) is 15.0. The second-order valence-electron chi connectivity index (χ2n) is 5.13. The van der Waals surface area contributed by atoms with E-state index in [1.165, 1.54) is 4.31 Å². The smallest absolute Gasteiger partial charge is 0.264 e. The Kier molecular flexibility index (Phi) is 3.47. The molecule has 0 amide bonds. The Bertz CT molecular complexity index is 753. The second kappa shape index (κ2) is 5.16. The molecule has 1 atom stereocenters. The van der Waals surface area contributed by atoms with Gasteiger partial charge in [-0.1, -0.05) is 35.9 Å². The first-order valence-corrected chi connectivity index (χ1v) is 8.19. The SMILES string of the molecule is COC1CN(S(=O)(=O)c2ccc(C)cc2)c2ccccc21.